The summed E-state index contributed by atoms with van der Waals surface area (Å²) in [4.78, 5) is 32.6. The third-order valence-corrected chi connectivity index (χ3v) is 3.36. The van der Waals surface area contributed by atoms with Crippen LogP contribution in [0.3, 0.4) is 0 Å². The van der Waals surface area contributed by atoms with Crippen molar-refractivity contribution in [2.75, 3.05) is 27.2 Å². The van der Waals surface area contributed by atoms with Crippen LogP contribution in [-0.4, -0.2) is 52.5 Å². The number of benzene rings is 1. The van der Waals surface area contributed by atoms with E-state index in [0.717, 1.165) is 4.57 Å². The van der Waals surface area contributed by atoms with Crippen LogP contribution in [0.2, 0.25) is 0 Å². The van der Waals surface area contributed by atoms with Crippen LogP contribution in [0.25, 0.3) is 5.69 Å². The highest BCUT2D eigenvalue weighted by atomic mass is 16.3. The number of hydrogen-bond acceptors (Lipinski definition) is 5. The fraction of sp³-hybridized carbons (Fsp3) is 0.312. The first-order chi connectivity index (χ1) is 10.9. The zero-order valence-corrected chi connectivity index (χ0v) is 13.4. The third kappa shape index (κ3) is 3.75. The van der Waals surface area contributed by atoms with Gasteiger partial charge < -0.3 is 10.0 Å². The zero-order chi connectivity index (χ0) is 17.0. The van der Waals surface area contributed by atoms with Gasteiger partial charge in [-0.05, 0) is 33.2 Å². The Morgan fingerprint density at radius 3 is 2.52 bits per heavy atom. The highest BCUT2D eigenvalue weighted by molar-refractivity contribution is 6.00. The second-order valence-electron chi connectivity index (χ2n) is 5.40. The largest absolute Gasteiger partial charge is 0.493 e. The number of aliphatic imine (C=N–C) groups is 1. The fourth-order valence-electron chi connectivity index (χ4n) is 2.16. The normalized spacial score (nSPS) is 11.9. The molecule has 0 saturated carbocycles. The van der Waals surface area contributed by atoms with Gasteiger partial charge in [0, 0.05) is 12.3 Å². The van der Waals surface area contributed by atoms with Gasteiger partial charge in [-0.25, -0.2) is 9.36 Å². The van der Waals surface area contributed by atoms with Gasteiger partial charge >= 0.3 is 5.69 Å². The second-order valence-corrected chi connectivity index (χ2v) is 5.40. The predicted molar refractivity (Wildman–Crippen MR) is 90.0 cm³/mol. The molecular formula is C16H20N4O3. The molecule has 0 fully saturated rings. The lowest BCUT2D eigenvalue weighted by molar-refractivity contribution is 0.420. The number of para-hydroxylation sites is 1. The fourth-order valence-corrected chi connectivity index (χ4v) is 2.16. The summed E-state index contributed by atoms with van der Waals surface area (Å²) in [6.45, 7) is 2.84. The Bertz CT molecular complexity index is 819. The zero-order valence-electron chi connectivity index (χ0n) is 13.4. The summed E-state index contributed by atoms with van der Waals surface area (Å²) < 4.78 is 1.06. The van der Waals surface area contributed by atoms with E-state index >= 15 is 0 Å². The minimum Gasteiger partial charge on any atom is -0.493 e. The molecule has 7 nitrogen and oxygen atoms in total. The maximum absolute atomic E-state index is 12.1. The number of aromatic amines is 1. The van der Waals surface area contributed by atoms with E-state index in [4.69, 9.17) is 0 Å². The highest BCUT2D eigenvalue weighted by Crippen LogP contribution is 2.16. The van der Waals surface area contributed by atoms with Crippen LogP contribution in [0.1, 0.15) is 12.5 Å². The molecule has 7 heteroatoms. The number of nitrogens with one attached hydrogen (secondary N) is 1. The van der Waals surface area contributed by atoms with Crippen molar-refractivity contribution >= 4 is 5.71 Å². The molecular weight excluding hydrogens is 296 g/mol. The van der Waals surface area contributed by atoms with E-state index < -0.39 is 17.1 Å². The molecule has 2 rings (SSSR count). The van der Waals surface area contributed by atoms with Crippen LogP contribution in [0.15, 0.2) is 44.9 Å². The summed E-state index contributed by atoms with van der Waals surface area (Å²) in [5, 5.41) is 10.4. The summed E-state index contributed by atoms with van der Waals surface area (Å²) in [6, 6.07) is 8.61. The molecule has 0 aliphatic rings. The Balaban J connectivity index is 2.54. The van der Waals surface area contributed by atoms with Gasteiger partial charge in [-0.15, -0.1) is 0 Å². The quantitative estimate of drug-likeness (QED) is 0.791. The Labute approximate surface area is 133 Å². The lowest BCUT2D eigenvalue weighted by Gasteiger charge is -2.12. The average molecular weight is 316 g/mol. The SMILES string of the molecule is CC(=NCCN(C)C)c1c(O)n(-c2ccccc2)c(=O)[nH]c1=O. The standard InChI is InChI=1S/C16H20N4O3/c1-11(17-9-10-19(2)3)13-14(21)18-16(23)20(15(13)22)12-7-5-4-6-8-12/h4-8,22H,9-10H2,1-3H3,(H,18,21,23). The van der Waals surface area contributed by atoms with E-state index in [9.17, 15) is 14.7 Å². The lowest BCUT2D eigenvalue weighted by Crippen LogP contribution is -2.33. The summed E-state index contributed by atoms with van der Waals surface area (Å²) in [5.74, 6) is -0.406. The third-order valence-electron chi connectivity index (χ3n) is 3.36. The first-order valence-electron chi connectivity index (χ1n) is 7.21. The van der Waals surface area contributed by atoms with Crippen LogP contribution in [0, 0.1) is 0 Å². The van der Waals surface area contributed by atoms with Gasteiger partial charge in [-0.2, -0.15) is 0 Å². The summed E-state index contributed by atoms with van der Waals surface area (Å²) in [5.41, 5.74) is -0.481. The van der Waals surface area contributed by atoms with Gasteiger partial charge in [0.25, 0.3) is 5.56 Å². The van der Waals surface area contributed by atoms with Crippen LogP contribution < -0.4 is 11.2 Å². The molecule has 23 heavy (non-hydrogen) atoms. The maximum Gasteiger partial charge on any atom is 0.335 e. The van der Waals surface area contributed by atoms with Crippen molar-refractivity contribution in [3.05, 3.63) is 56.7 Å². The first-order valence-corrected chi connectivity index (χ1v) is 7.21. The summed E-state index contributed by atoms with van der Waals surface area (Å²) >= 11 is 0. The number of aromatic hydroxyl groups is 1. The van der Waals surface area contributed by atoms with Crippen molar-refractivity contribution in [1.82, 2.24) is 14.5 Å². The number of rotatable bonds is 5. The van der Waals surface area contributed by atoms with Crippen molar-refractivity contribution < 1.29 is 5.11 Å². The molecule has 0 aliphatic carbocycles. The highest BCUT2D eigenvalue weighted by Gasteiger charge is 2.17. The minimum absolute atomic E-state index is 0.00668. The van der Waals surface area contributed by atoms with Crippen molar-refractivity contribution in [1.29, 1.82) is 0 Å². The van der Waals surface area contributed by atoms with Gasteiger partial charge in [0.1, 0.15) is 5.56 Å². The lowest BCUT2D eigenvalue weighted by atomic mass is 10.2. The molecule has 0 atom stereocenters. The van der Waals surface area contributed by atoms with Crippen LogP contribution in [0.5, 0.6) is 5.88 Å². The van der Waals surface area contributed by atoms with Crippen molar-refractivity contribution in [2.45, 2.75) is 6.92 Å². The van der Waals surface area contributed by atoms with E-state index in [1.165, 1.54) is 0 Å². The summed E-state index contributed by atoms with van der Waals surface area (Å²) in [7, 11) is 3.84. The number of nitrogens with zero attached hydrogens (tertiary/aromatic N) is 3. The van der Waals surface area contributed by atoms with Gasteiger partial charge in [0.2, 0.25) is 5.88 Å². The maximum atomic E-state index is 12.1. The molecule has 2 N–H and O–H groups in total. The Kier molecular flexibility index (Phi) is 5.13. The number of H-pyrrole nitrogens is 1. The average Bonchev–Trinajstić information content (AvgIpc) is 2.47. The van der Waals surface area contributed by atoms with Crippen molar-refractivity contribution in [3.63, 3.8) is 0 Å². The van der Waals surface area contributed by atoms with Crippen LogP contribution >= 0.6 is 0 Å². The van der Waals surface area contributed by atoms with Crippen LogP contribution in [0.4, 0.5) is 0 Å². The Morgan fingerprint density at radius 1 is 1.26 bits per heavy atom. The van der Waals surface area contributed by atoms with E-state index in [1.54, 1.807) is 37.3 Å². The second kappa shape index (κ2) is 7.06. The molecule has 1 aromatic carbocycles. The number of likely N-dealkylation sites (N-methyl/N-ethyl adjacent to an activating group) is 1. The number of aromatic nitrogens is 2. The molecule has 0 unspecified atom stereocenters. The smallest absolute Gasteiger partial charge is 0.335 e. The Hall–Kier alpha value is -2.67. The first kappa shape index (κ1) is 16.7. The molecule has 2 aromatic rings. The molecule has 0 amide bonds. The van der Waals surface area contributed by atoms with Gasteiger partial charge in [0.15, 0.2) is 0 Å². The van der Waals surface area contributed by atoms with Crippen LogP contribution in [-0.2, 0) is 0 Å². The minimum atomic E-state index is -0.691. The molecule has 1 heterocycles. The van der Waals surface area contributed by atoms with E-state index in [-0.39, 0.29) is 5.56 Å². The van der Waals surface area contributed by atoms with Gasteiger partial charge in [-0.3, -0.25) is 14.8 Å². The number of hydrogen-bond donors (Lipinski definition) is 2. The van der Waals surface area contributed by atoms with Gasteiger partial charge in [-0.1, -0.05) is 18.2 Å². The molecule has 0 radical (unpaired) electrons. The van der Waals surface area contributed by atoms with E-state index in [0.29, 0.717) is 24.5 Å². The van der Waals surface area contributed by atoms with Crippen molar-refractivity contribution in [2.24, 2.45) is 4.99 Å². The molecule has 0 bridgehead atoms. The molecule has 0 saturated heterocycles. The van der Waals surface area contributed by atoms with E-state index in [2.05, 4.69) is 9.98 Å². The predicted octanol–water partition coefficient (Wildman–Crippen LogP) is 0.602. The van der Waals surface area contributed by atoms with Crippen molar-refractivity contribution in [3.8, 4) is 11.6 Å². The molecule has 122 valence electrons. The van der Waals surface area contributed by atoms with E-state index in [1.807, 2.05) is 19.0 Å². The van der Waals surface area contributed by atoms with Gasteiger partial charge in [0.05, 0.1) is 12.2 Å². The summed E-state index contributed by atoms with van der Waals surface area (Å²) in [6.07, 6.45) is 0. The topological polar surface area (TPSA) is 90.7 Å². The molecule has 0 spiro atoms. The molecule has 1 aromatic heterocycles. The monoisotopic (exact) mass is 316 g/mol. The molecule has 0 aliphatic heterocycles. The Morgan fingerprint density at radius 2 is 1.91 bits per heavy atom.